The summed E-state index contributed by atoms with van der Waals surface area (Å²) in [4.78, 5) is 10.4. The van der Waals surface area contributed by atoms with Gasteiger partial charge in [0.2, 0.25) is 0 Å². The van der Waals surface area contributed by atoms with Crippen LogP contribution in [-0.2, 0) is 5.54 Å². The number of aromatic nitrogens is 3. The predicted molar refractivity (Wildman–Crippen MR) is 79.2 cm³/mol. The predicted octanol–water partition coefficient (Wildman–Crippen LogP) is 3.58. The molecule has 20 heavy (non-hydrogen) atoms. The molecule has 0 bridgehead atoms. The first-order valence-electron chi connectivity index (χ1n) is 6.15. The zero-order valence-corrected chi connectivity index (χ0v) is 12.6. The van der Waals surface area contributed by atoms with Gasteiger partial charge in [-0.15, -0.1) is 0 Å². The van der Waals surface area contributed by atoms with Gasteiger partial charge in [0, 0.05) is 23.2 Å². The van der Waals surface area contributed by atoms with Crippen LogP contribution in [0.5, 0.6) is 0 Å². The fourth-order valence-electron chi connectivity index (χ4n) is 2.11. The number of nitrogens with zero attached hydrogens (tertiary/aromatic N) is 3. The molecule has 0 spiro atoms. The Morgan fingerprint density at radius 3 is 2.55 bits per heavy atom. The van der Waals surface area contributed by atoms with Crippen molar-refractivity contribution in [3.63, 3.8) is 0 Å². The molecule has 0 saturated carbocycles. The van der Waals surface area contributed by atoms with Crippen molar-refractivity contribution in [3.05, 3.63) is 38.6 Å². The maximum atomic E-state index is 10.8. The highest BCUT2D eigenvalue weighted by molar-refractivity contribution is 7.71. The number of nitro benzene ring substituents is 1. The van der Waals surface area contributed by atoms with Crippen molar-refractivity contribution < 1.29 is 4.92 Å². The third-order valence-electron chi connectivity index (χ3n) is 3.00. The van der Waals surface area contributed by atoms with Crippen molar-refractivity contribution in [1.29, 1.82) is 0 Å². The van der Waals surface area contributed by atoms with Gasteiger partial charge in [-0.25, -0.2) is 0 Å². The first-order chi connectivity index (χ1) is 9.21. The van der Waals surface area contributed by atoms with Gasteiger partial charge in [0.1, 0.15) is 0 Å². The standard InChI is InChI=1S/C13H16N4O2S/c1-8-7-9(17(18)19)5-6-10(8)11-14-15-12(20)16(11)13(2,3)4/h5-7H,1-4H3,(H,15,20). The molecule has 0 fully saturated rings. The van der Waals surface area contributed by atoms with Crippen molar-refractivity contribution in [2.24, 2.45) is 0 Å². The van der Waals surface area contributed by atoms with Gasteiger partial charge in [0.15, 0.2) is 10.6 Å². The minimum Gasteiger partial charge on any atom is -0.295 e. The van der Waals surface area contributed by atoms with Crippen LogP contribution in [0.3, 0.4) is 0 Å². The molecular formula is C13H16N4O2S. The summed E-state index contributed by atoms with van der Waals surface area (Å²) in [5, 5.41) is 17.8. The van der Waals surface area contributed by atoms with E-state index in [2.05, 4.69) is 10.2 Å². The first kappa shape index (κ1) is 14.4. The molecule has 0 saturated heterocycles. The Morgan fingerprint density at radius 1 is 1.40 bits per heavy atom. The van der Waals surface area contributed by atoms with Gasteiger partial charge in [-0.05, 0) is 51.5 Å². The van der Waals surface area contributed by atoms with Gasteiger partial charge < -0.3 is 0 Å². The van der Waals surface area contributed by atoms with Crippen LogP contribution in [-0.4, -0.2) is 19.7 Å². The lowest BCUT2D eigenvalue weighted by molar-refractivity contribution is -0.384. The molecule has 106 valence electrons. The molecule has 0 aliphatic rings. The Hall–Kier alpha value is -2.02. The van der Waals surface area contributed by atoms with Crippen LogP contribution in [0, 0.1) is 21.8 Å². The molecule has 0 aliphatic carbocycles. The maximum absolute atomic E-state index is 10.8. The zero-order chi connectivity index (χ0) is 15.1. The Morgan fingerprint density at radius 2 is 2.05 bits per heavy atom. The number of non-ortho nitro benzene ring substituents is 1. The quantitative estimate of drug-likeness (QED) is 0.521. The van der Waals surface area contributed by atoms with Crippen LogP contribution in [0.2, 0.25) is 0 Å². The second kappa shape index (κ2) is 4.82. The molecule has 2 rings (SSSR count). The molecule has 1 aromatic heterocycles. The van der Waals surface area contributed by atoms with Crippen molar-refractivity contribution in [2.75, 3.05) is 0 Å². The van der Waals surface area contributed by atoms with E-state index < -0.39 is 4.92 Å². The molecule has 0 amide bonds. The summed E-state index contributed by atoms with van der Waals surface area (Å²) in [5.41, 5.74) is 1.47. The number of rotatable bonds is 2. The van der Waals surface area contributed by atoms with Crippen molar-refractivity contribution in [2.45, 2.75) is 33.2 Å². The number of aryl methyl sites for hydroxylation is 1. The number of aromatic amines is 1. The van der Waals surface area contributed by atoms with E-state index in [-0.39, 0.29) is 11.2 Å². The maximum Gasteiger partial charge on any atom is 0.269 e. The van der Waals surface area contributed by atoms with Crippen LogP contribution in [0.15, 0.2) is 18.2 Å². The van der Waals surface area contributed by atoms with E-state index in [1.807, 2.05) is 32.3 Å². The Balaban J connectivity index is 2.65. The van der Waals surface area contributed by atoms with Gasteiger partial charge >= 0.3 is 0 Å². The van der Waals surface area contributed by atoms with E-state index in [0.717, 1.165) is 11.1 Å². The number of hydrogen-bond donors (Lipinski definition) is 1. The molecular weight excluding hydrogens is 276 g/mol. The molecule has 1 heterocycles. The Kier molecular flexibility index (Phi) is 3.47. The number of hydrogen-bond acceptors (Lipinski definition) is 4. The van der Waals surface area contributed by atoms with Crippen LogP contribution >= 0.6 is 12.2 Å². The number of benzene rings is 1. The fraction of sp³-hybridized carbons (Fsp3) is 0.385. The molecule has 6 nitrogen and oxygen atoms in total. The smallest absolute Gasteiger partial charge is 0.269 e. The van der Waals surface area contributed by atoms with E-state index in [1.54, 1.807) is 12.1 Å². The lowest BCUT2D eigenvalue weighted by Gasteiger charge is -2.23. The normalized spacial score (nSPS) is 11.6. The van der Waals surface area contributed by atoms with Crippen LogP contribution in [0.25, 0.3) is 11.4 Å². The topological polar surface area (TPSA) is 76.8 Å². The number of H-pyrrole nitrogens is 1. The third-order valence-corrected chi connectivity index (χ3v) is 3.28. The molecule has 0 aliphatic heterocycles. The lowest BCUT2D eigenvalue weighted by atomic mass is 10.0. The van der Waals surface area contributed by atoms with E-state index in [4.69, 9.17) is 12.2 Å². The average Bonchev–Trinajstić information content (AvgIpc) is 2.70. The molecule has 7 heteroatoms. The Labute approximate surface area is 121 Å². The van der Waals surface area contributed by atoms with Gasteiger partial charge in [-0.3, -0.25) is 19.8 Å². The highest BCUT2D eigenvalue weighted by Crippen LogP contribution is 2.29. The average molecular weight is 292 g/mol. The van der Waals surface area contributed by atoms with Crippen molar-refractivity contribution >= 4 is 17.9 Å². The van der Waals surface area contributed by atoms with Crippen molar-refractivity contribution in [1.82, 2.24) is 14.8 Å². The van der Waals surface area contributed by atoms with Gasteiger partial charge in [-0.1, -0.05) is 0 Å². The molecule has 0 radical (unpaired) electrons. The molecule has 0 atom stereocenters. The van der Waals surface area contributed by atoms with Crippen LogP contribution < -0.4 is 0 Å². The minimum absolute atomic E-state index is 0.0719. The molecule has 0 unspecified atom stereocenters. The highest BCUT2D eigenvalue weighted by Gasteiger charge is 2.22. The number of nitro groups is 1. The zero-order valence-electron chi connectivity index (χ0n) is 11.8. The minimum atomic E-state index is -0.405. The van der Waals surface area contributed by atoms with E-state index in [0.29, 0.717) is 10.6 Å². The van der Waals surface area contributed by atoms with Gasteiger partial charge in [0.05, 0.1) is 4.92 Å². The molecule has 1 N–H and O–H groups in total. The molecule has 1 aromatic carbocycles. The Bertz CT molecular complexity index is 725. The fourth-order valence-corrected chi connectivity index (χ4v) is 2.52. The second-order valence-electron chi connectivity index (χ2n) is 5.61. The van der Waals surface area contributed by atoms with E-state index in [9.17, 15) is 10.1 Å². The van der Waals surface area contributed by atoms with Gasteiger partial charge in [-0.2, -0.15) is 5.10 Å². The van der Waals surface area contributed by atoms with E-state index >= 15 is 0 Å². The highest BCUT2D eigenvalue weighted by atomic mass is 32.1. The summed E-state index contributed by atoms with van der Waals surface area (Å²) in [5.74, 6) is 0.690. The summed E-state index contributed by atoms with van der Waals surface area (Å²) in [6.45, 7) is 7.92. The van der Waals surface area contributed by atoms with Crippen molar-refractivity contribution in [3.8, 4) is 11.4 Å². The largest absolute Gasteiger partial charge is 0.295 e. The second-order valence-corrected chi connectivity index (χ2v) is 6.00. The lowest BCUT2D eigenvalue weighted by Crippen LogP contribution is -2.23. The van der Waals surface area contributed by atoms with Crippen LogP contribution in [0.4, 0.5) is 5.69 Å². The summed E-state index contributed by atoms with van der Waals surface area (Å²) in [6.07, 6.45) is 0. The first-order valence-corrected chi connectivity index (χ1v) is 6.56. The van der Waals surface area contributed by atoms with Gasteiger partial charge in [0.25, 0.3) is 5.69 Å². The SMILES string of the molecule is Cc1cc([N+](=O)[O-])ccc1-c1n[nH]c(=S)n1C(C)(C)C. The summed E-state index contributed by atoms with van der Waals surface area (Å²) < 4.78 is 2.45. The van der Waals surface area contributed by atoms with E-state index in [1.165, 1.54) is 6.07 Å². The monoisotopic (exact) mass is 292 g/mol. The summed E-state index contributed by atoms with van der Waals surface area (Å²) >= 11 is 5.27. The summed E-state index contributed by atoms with van der Waals surface area (Å²) in [6, 6.07) is 4.73. The third kappa shape index (κ3) is 2.49. The number of nitrogens with one attached hydrogen (secondary N) is 1. The van der Waals surface area contributed by atoms with Crippen LogP contribution in [0.1, 0.15) is 26.3 Å². The molecule has 2 aromatic rings. The summed E-state index contributed by atoms with van der Waals surface area (Å²) in [7, 11) is 0.